The molecule has 3 rings (SSSR count). The van der Waals surface area contributed by atoms with E-state index in [9.17, 15) is 15.3 Å². The minimum Gasteiger partial charge on any atom is -0.496 e. The molecular weight excluding hydrogens is 428 g/mol. The number of aliphatic hydroxyl groups is 3. The van der Waals surface area contributed by atoms with Crippen LogP contribution in [0.1, 0.15) is 16.7 Å². The van der Waals surface area contributed by atoms with Gasteiger partial charge in [-0.1, -0.05) is 30.0 Å². The first kappa shape index (κ1) is 25.0. The van der Waals surface area contributed by atoms with E-state index in [0.717, 1.165) is 28.2 Å². The summed E-state index contributed by atoms with van der Waals surface area (Å²) >= 11 is 0. The molecule has 8 heteroatoms. The van der Waals surface area contributed by atoms with E-state index in [1.807, 2.05) is 42.5 Å². The van der Waals surface area contributed by atoms with Crippen molar-refractivity contribution in [3.63, 3.8) is 0 Å². The van der Waals surface area contributed by atoms with Gasteiger partial charge >= 0.3 is 0 Å². The predicted octanol–water partition coefficient (Wildman–Crippen LogP) is 1.27. The van der Waals surface area contributed by atoms with Crippen molar-refractivity contribution in [2.75, 3.05) is 27.9 Å². The maximum absolute atomic E-state index is 10.3. The summed E-state index contributed by atoms with van der Waals surface area (Å²) in [5, 5.41) is 30.1. The fourth-order valence-electron chi connectivity index (χ4n) is 3.66. The van der Waals surface area contributed by atoms with Gasteiger partial charge in [0.05, 0.1) is 27.4 Å². The molecule has 1 saturated heterocycles. The quantitative estimate of drug-likeness (QED) is 0.508. The number of ether oxygens (including phenoxy) is 5. The molecule has 33 heavy (non-hydrogen) atoms. The summed E-state index contributed by atoms with van der Waals surface area (Å²) in [6, 6.07) is 13.1. The van der Waals surface area contributed by atoms with Gasteiger partial charge in [-0.3, -0.25) is 0 Å². The Kier molecular flexibility index (Phi) is 9.09. The molecule has 8 nitrogen and oxygen atoms in total. The highest BCUT2D eigenvalue weighted by molar-refractivity contribution is 5.47. The summed E-state index contributed by atoms with van der Waals surface area (Å²) in [4.78, 5) is 0. The second-order valence-electron chi connectivity index (χ2n) is 7.53. The molecule has 178 valence electrons. The molecule has 1 aliphatic heterocycles. The molecule has 0 unspecified atom stereocenters. The molecular formula is C25H30O8. The van der Waals surface area contributed by atoms with Crippen LogP contribution >= 0.6 is 0 Å². The van der Waals surface area contributed by atoms with Crippen molar-refractivity contribution in [3.8, 4) is 23.3 Å². The van der Waals surface area contributed by atoms with Crippen molar-refractivity contribution in [3.05, 3.63) is 59.2 Å². The monoisotopic (exact) mass is 458 g/mol. The van der Waals surface area contributed by atoms with E-state index >= 15 is 0 Å². The normalized spacial score (nSPS) is 24.6. The van der Waals surface area contributed by atoms with Crippen LogP contribution in [-0.4, -0.2) is 74.0 Å². The van der Waals surface area contributed by atoms with Crippen molar-refractivity contribution in [1.82, 2.24) is 0 Å². The third-order valence-electron chi connectivity index (χ3n) is 5.48. The zero-order valence-corrected chi connectivity index (χ0v) is 18.9. The van der Waals surface area contributed by atoms with Gasteiger partial charge < -0.3 is 39.0 Å². The highest BCUT2D eigenvalue weighted by Gasteiger charge is 2.45. The fraction of sp³-hybridized carbons (Fsp3) is 0.440. The van der Waals surface area contributed by atoms with Crippen LogP contribution in [0, 0.1) is 11.8 Å². The van der Waals surface area contributed by atoms with Gasteiger partial charge in [0.2, 0.25) is 0 Å². The lowest BCUT2D eigenvalue weighted by atomic mass is 9.99. The van der Waals surface area contributed by atoms with E-state index < -0.39 is 37.3 Å². The lowest BCUT2D eigenvalue weighted by Gasteiger charge is -2.41. The first-order valence-corrected chi connectivity index (χ1v) is 10.6. The second kappa shape index (κ2) is 12.0. The minimum absolute atomic E-state index is 0.152. The molecule has 1 fully saturated rings. The third kappa shape index (κ3) is 6.03. The predicted molar refractivity (Wildman–Crippen MR) is 120 cm³/mol. The standard InChI is InChI=1S/C25H30O8/c1-29-19-8-5-9-20(30-2)18(19)7-4-6-16-10-12-17(13-11-16)15-32-24-22(27)21(14-26)33-25(31-3)23(24)28/h5,8-13,21-28H,7,14-15H2,1-3H3/t21-,22+,23-,24+,25-/m1/s1. The fourth-order valence-corrected chi connectivity index (χ4v) is 3.66. The lowest BCUT2D eigenvalue weighted by molar-refractivity contribution is -0.303. The zero-order valence-electron chi connectivity index (χ0n) is 18.9. The summed E-state index contributed by atoms with van der Waals surface area (Å²) in [6.45, 7) is -0.263. The maximum Gasteiger partial charge on any atom is 0.186 e. The molecule has 0 bridgehead atoms. The van der Waals surface area contributed by atoms with Crippen LogP contribution in [0.15, 0.2) is 42.5 Å². The number of benzene rings is 2. The Labute approximate surface area is 193 Å². The van der Waals surface area contributed by atoms with Gasteiger partial charge in [-0.05, 0) is 29.8 Å². The van der Waals surface area contributed by atoms with E-state index in [0.29, 0.717) is 6.42 Å². The summed E-state index contributed by atoms with van der Waals surface area (Å²) in [5.41, 5.74) is 2.56. The first-order chi connectivity index (χ1) is 16.0. The molecule has 2 aromatic rings. The Morgan fingerprint density at radius 3 is 2.18 bits per heavy atom. The summed E-state index contributed by atoms with van der Waals surface area (Å²) < 4.78 is 26.9. The molecule has 5 atom stereocenters. The summed E-state index contributed by atoms with van der Waals surface area (Å²) in [5.74, 6) is 7.73. The number of hydrogen-bond donors (Lipinski definition) is 3. The van der Waals surface area contributed by atoms with Gasteiger partial charge in [-0.25, -0.2) is 0 Å². The largest absolute Gasteiger partial charge is 0.496 e. The molecule has 0 saturated carbocycles. The number of methoxy groups -OCH3 is 3. The Bertz CT molecular complexity index is 911. The molecule has 1 heterocycles. The maximum atomic E-state index is 10.3. The highest BCUT2D eigenvalue weighted by Crippen LogP contribution is 2.28. The van der Waals surface area contributed by atoms with Gasteiger partial charge in [0.1, 0.15) is 35.9 Å². The van der Waals surface area contributed by atoms with E-state index in [2.05, 4.69) is 11.8 Å². The van der Waals surface area contributed by atoms with E-state index in [1.54, 1.807) is 14.2 Å². The second-order valence-corrected chi connectivity index (χ2v) is 7.53. The molecule has 3 N–H and O–H groups in total. The molecule has 0 aliphatic carbocycles. The Balaban J connectivity index is 1.62. The topological polar surface area (TPSA) is 107 Å². The highest BCUT2D eigenvalue weighted by atomic mass is 16.7. The van der Waals surface area contributed by atoms with Crippen LogP contribution < -0.4 is 9.47 Å². The average molecular weight is 459 g/mol. The molecule has 0 amide bonds. The Hall–Kier alpha value is -2.64. The van der Waals surface area contributed by atoms with Gasteiger partial charge in [-0.15, -0.1) is 0 Å². The first-order valence-electron chi connectivity index (χ1n) is 10.6. The Morgan fingerprint density at radius 2 is 1.61 bits per heavy atom. The number of rotatable bonds is 8. The van der Waals surface area contributed by atoms with Crippen molar-refractivity contribution >= 4 is 0 Å². The number of aliphatic hydroxyl groups excluding tert-OH is 3. The number of hydrogen-bond acceptors (Lipinski definition) is 8. The smallest absolute Gasteiger partial charge is 0.186 e. The van der Waals surface area contributed by atoms with Crippen LogP contribution in [-0.2, 0) is 27.2 Å². The van der Waals surface area contributed by atoms with Crippen LogP contribution in [0.25, 0.3) is 0 Å². The zero-order chi connectivity index (χ0) is 23.8. The lowest BCUT2D eigenvalue weighted by Crippen LogP contribution is -2.59. The molecule has 0 aromatic heterocycles. The van der Waals surface area contributed by atoms with Gasteiger partial charge in [0.25, 0.3) is 0 Å². The van der Waals surface area contributed by atoms with Crippen molar-refractivity contribution in [2.24, 2.45) is 0 Å². The third-order valence-corrected chi connectivity index (χ3v) is 5.48. The molecule has 1 aliphatic rings. The SMILES string of the molecule is COc1cccc(OC)c1CC#Cc1ccc(CO[C@H]2[C@@H](O)[C@@H](CO)O[C@@H](OC)[C@@H]2O)cc1. The van der Waals surface area contributed by atoms with Crippen LogP contribution in [0.3, 0.4) is 0 Å². The van der Waals surface area contributed by atoms with E-state index in [1.165, 1.54) is 7.11 Å². The van der Waals surface area contributed by atoms with Gasteiger partial charge in [-0.2, -0.15) is 0 Å². The summed E-state index contributed by atoms with van der Waals surface area (Å²) in [6.07, 6.45) is -4.75. The van der Waals surface area contributed by atoms with Crippen molar-refractivity contribution in [1.29, 1.82) is 0 Å². The van der Waals surface area contributed by atoms with E-state index in [4.69, 9.17) is 23.7 Å². The summed E-state index contributed by atoms with van der Waals surface area (Å²) in [7, 11) is 4.61. The average Bonchev–Trinajstić information content (AvgIpc) is 2.85. The molecule has 0 spiro atoms. The van der Waals surface area contributed by atoms with Gasteiger partial charge in [0.15, 0.2) is 6.29 Å². The Morgan fingerprint density at radius 1 is 0.939 bits per heavy atom. The van der Waals surface area contributed by atoms with Crippen LogP contribution in [0.2, 0.25) is 0 Å². The van der Waals surface area contributed by atoms with Crippen molar-refractivity contribution in [2.45, 2.75) is 43.7 Å². The van der Waals surface area contributed by atoms with Crippen LogP contribution in [0.4, 0.5) is 0 Å². The minimum atomic E-state index is -1.19. The van der Waals surface area contributed by atoms with Gasteiger partial charge in [0, 0.05) is 24.7 Å². The molecule has 0 radical (unpaired) electrons. The van der Waals surface area contributed by atoms with Crippen LogP contribution in [0.5, 0.6) is 11.5 Å². The van der Waals surface area contributed by atoms with Crippen molar-refractivity contribution < 1.29 is 39.0 Å². The molecule has 2 aromatic carbocycles. The van der Waals surface area contributed by atoms with E-state index in [-0.39, 0.29) is 6.61 Å².